The van der Waals surface area contributed by atoms with Crippen molar-refractivity contribution in [2.75, 3.05) is 13.1 Å². The van der Waals surface area contributed by atoms with E-state index in [9.17, 15) is 4.79 Å². The summed E-state index contributed by atoms with van der Waals surface area (Å²) < 4.78 is 0. The highest BCUT2D eigenvalue weighted by atomic mass is 32.1. The number of hydrogen-bond donors (Lipinski definition) is 2. The topological polar surface area (TPSA) is 41.1 Å². The third kappa shape index (κ3) is 1.35. The lowest BCUT2D eigenvalue weighted by atomic mass is 9.91. The molecule has 0 bridgehead atoms. The number of carbonyl (C=O) groups is 1. The van der Waals surface area contributed by atoms with Gasteiger partial charge in [-0.2, -0.15) is 0 Å². The molecule has 1 amide bonds. The predicted octanol–water partition coefficient (Wildman–Crippen LogP) is 1.07. The molecule has 2 heterocycles. The lowest BCUT2D eigenvalue weighted by Gasteiger charge is -2.35. The van der Waals surface area contributed by atoms with Crippen LogP contribution < -0.4 is 10.6 Å². The van der Waals surface area contributed by atoms with Crippen LogP contribution >= 0.6 is 11.3 Å². The van der Waals surface area contributed by atoms with Crippen LogP contribution in [0.25, 0.3) is 0 Å². The van der Waals surface area contributed by atoms with Gasteiger partial charge in [-0.1, -0.05) is 13.0 Å². The molecule has 1 aliphatic heterocycles. The largest absolute Gasteiger partial charge is 0.353 e. The molecule has 1 saturated heterocycles. The van der Waals surface area contributed by atoms with Crippen molar-refractivity contribution in [1.82, 2.24) is 10.6 Å². The quantitative estimate of drug-likeness (QED) is 0.766. The van der Waals surface area contributed by atoms with Crippen molar-refractivity contribution in [3.05, 3.63) is 22.4 Å². The first kappa shape index (κ1) is 9.68. The molecule has 3 nitrogen and oxygen atoms in total. The molecule has 4 heteroatoms. The van der Waals surface area contributed by atoms with Gasteiger partial charge in [-0.3, -0.25) is 10.1 Å². The molecule has 1 aromatic rings. The summed E-state index contributed by atoms with van der Waals surface area (Å²) in [7, 11) is 0. The third-order valence-electron chi connectivity index (χ3n) is 2.70. The minimum absolute atomic E-state index is 0.105. The van der Waals surface area contributed by atoms with Gasteiger partial charge in [0, 0.05) is 18.0 Å². The summed E-state index contributed by atoms with van der Waals surface area (Å²) in [6.07, 6.45) is 0.791. The molecule has 1 fully saturated rings. The van der Waals surface area contributed by atoms with E-state index >= 15 is 0 Å². The average Bonchev–Trinajstić information content (AvgIpc) is 2.72. The van der Waals surface area contributed by atoms with E-state index in [-0.39, 0.29) is 5.91 Å². The Morgan fingerprint density at radius 3 is 3.00 bits per heavy atom. The number of piperazine rings is 1. The Bertz CT molecular complexity index is 323. The fourth-order valence-electron chi connectivity index (χ4n) is 1.86. The second-order valence-corrected chi connectivity index (χ2v) is 4.37. The first-order valence-electron chi connectivity index (χ1n) is 4.87. The molecule has 1 atom stereocenters. The Morgan fingerprint density at radius 1 is 1.57 bits per heavy atom. The SMILES string of the molecule is CCC1(c2cccs2)NCCNC1=O. The monoisotopic (exact) mass is 210 g/mol. The van der Waals surface area contributed by atoms with Crippen molar-refractivity contribution >= 4 is 17.2 Å². The van der Waals surface area contributed by atoms with Gasteiger partial charge in [-0.15, -0.1) is 11.3 Å². The first-order valence-corrected chi connectivity index (χ1v) is 5.75. The maximum atomic E-state index is 11.9. The van der Waals surface area contributed by atoms with E-state index in [4.69, 9.17) is 0 Å². The number of rotatable bonds is 2. The molecule has 0 radical (unpaired) electrons. The average molecular weight is 210 g/mol. The van der Waals surface area contributed by atoms with Gasteiger partial charge < -0.3 is 5.32 Å². The van der Waals surface area contributed by atoms with Gasteiger partial charge in [-0.05, 0) is 17.9 Å². The minimum Gasteiger partial charge on any atom is -0.353 e. The van der Waals surface area contributed by atoms with Crippen LogP contribution in [0.2, 0.25) is 0 Å². The van der Waals surface area contributed by atoms with E-state index in [0.29, 0.717) is 0 Å². The maximum Gasteiger partial charge on any atom is 0.245 e. The molecule has 1 aliphatic rings. The van der Waals surface area contributed by atoms with Crippen LogP contribution in [-0.2, 0) is 10.3 Å². The van der Waals surface area contributed by atoms with Crippen LogP contribution in [0, 0.1) is 0 Å². The molecular formula is C10H14N2OS. The number of carbonyl (C=O) groups excluding carboxylic acids is 1. The lowest BCUT2D eigenvalue weighted by molar-refractivity contribution is -0.129. The zero-order valence-corrected chi connectivity index (χ0v) is 8.99. The van der Waals surface area contributed by atoms with Crippen LogP contribution in [-0.4, -0.2) is 19.0 Å². The van der Waals surface area contributed by atoms with Crippen LogP contribution in [0.5, 0.6) is 0 Å². The minimum atomic E-state index is -0.480. The van der Waals surface area contributed by atoms with Gasteiger partial charge in [0.25, 0.3) is 0 Å². The van der Waals surface area contributed by atoms with Crippen LogP contribution in [0.15, 0.2) is 17.5 Å². The van der Waals surface area contributed by atoms with E-state index in [0.717, 1.165) is 24.4 Å². The van der Waals surface area contributed by atoms with Crippen molar-refractivity contribution in [3.63, 3.8) is 0 Å². The van der Waals surface area contributed by atoms with Gasteiger partial charge >= 0.3 is 0 Å². The van der Waals surface area contributed by atoms with Gasteiger partial charge in [0.2, 0.25) is 5.91 Å². The highest BCUT2D eigenvalue weighted by molar-refractivity contribution is 7.10. The molecule has 0 spiro atoms. The van der Waals surface area contributed by atoms with Crippen LogP contribution in [0.4, 0.5) is 0 Å². The number of amides is 1. The smallest absolute Gasteiger partial charge is 0.245 e. The van der Waals surface area contributed by atoms with E-state index in [1.54, 1.807) is 11.3 Å². The second-order valence-electron chi connectivity index (χ2n) is 3.42. The van der Waals surface area contributed by atoms with E-state index in [1.165, 1.54) is 0 Å². The molecular weight excluding hydrogens is 196 g/mol. The summed E-state index contributed by atoms with van der Waals surface area (Å²) in [4.78, 5) is 13.0. The van der Waals surface area contributed by atoms with Gasteiger partial charge in [0.1, 0.15) is 5.54 Å². The second kappa shape index (κ2) is 3.71. The van der Waals surface area contributed by atoms with Gasteiger partial charge in [0.15, 0.2) is 0 Å². The molecule has 14 heavy (non-hydrogen) atoms. The zero-order chi connectivity index (χ0) is 10.0. The van der Waals surface area contributed by atoms with Gasteiger partial charge in [-0.25, -0.2) is 0 Å². The molecule has 0 aliphatic carbocycles. The number of thiophene rings is 1. The highest BCUT2D eigenvalue weighted by Crippen LogP contribution is 2.30. The third-order valence-corrected chi connectivity index (χ3v) is 3.73. The summed E-state index contributed by atoms with van der Waals surface area (Å²) in [6.45, 7) is 3.61. The standard InChI is InChI=1S/C10H14N2OS/c1-2-10(8-4-3-7-14-8)9(13)11-5-6-12-10/h3-4,7,12H,2,5-6H2,1H3,(H,11,13). The summed E-state index contributed by atoms with van der Waals surface area (Å²) >= 11 is 1.63. The van der Waals surface area contributed by atoms with Crippen LogP contribution in [0.1, 0.15) is 18.2 Å². The Morgan fingerprint density at radius 2 is 2.43 bits per heavy atom. The van der Waals surface area contributed by atoms with E-state index < -0.39 is 5.54 Å². The number of hydrogen-bond acceptors (Lipinski definition) is 3. The molecule has 76 valence electrons. The summed E-state index contributed by atoms with van der Waals surface area (Å²) in [5, 5.41) is 8.26. The Hall–Kier alpha value is -0.870. The fourth-order valence-corrected chi connectivity index (χ4v) is 2.83. The molecule has 0 saturated carbocycles. The molecule has 2 N–H and O–H groups in total. The summed E-state index contributed by atoms with van der Waals surface area (Å²) in [5.74, 6) is 0.105. The molecule has 1 aromatic heterocycles. The van der Waals surface area contributed by atoms with Crippen molar-refractivity contribution < 1.29 is 4.79 Å². The Labute approximate surface area is 87.5 Å². The summed E-state index contributed by atoms with van der Waals surface area (Å²) in [5.41, 5.74) is -0.480. The highest BCUT2D eigenvalue weighted by Gasteiger charge is 2.40. The Balaban J connectivity index is 2.37. The van der Waals surface area contributed by atoms with E-state index in [2.05, 4.69) is 10.6 Å². The van der Waals surface area contributed by atoms with E-state index in [1.807, 2.05) is 24.4 Å². The van der Waals surface area contributed by atoms with Gasteiger partial charge in [0.05, 0.1) is 0 Å². The zero-order valence-electron chi connectivity index (χ0n) is 8.17. The van der Waals surface area contributed by atoms with Crippen molar-refractivity contribution in [2.45, 2.75) is 18.9 Å². The molecule has 2 rings (SSSR count). The Kier molecular flexibility index (Phi) is 2.56. The summed E-state index contributed by atoms with van der Waals surface area (Å²) in [6, 6.07) is 4.01. The number of nitrogens with one attached hydrogen (secondary N) is 2. The molecule has 0 aromatic carbocycles. The fraction of sp³-hybridized carbons (Fsp3) is 0.500. The molecule has 1 unspecified atom stereocenters. The van der Waals surface area contributed by atoms with Crippen molar-refractivity contribution in [2.24, 2.45) is 0 Å². The van der Waals surface area contributed by atoms with Crippen molar-refractivity contribution in [1.29, 1.82) is 0 Å². The lowest BCUT2D eigenvalue weighted by Crippen LogP contribution is -2.60. The first-order chi connectivity index (χ1) is 6.79. The van der Waals surface area contributed by atoms with Crippen LogP contribution in [0.3, 0.4) is 0 Å². The predicted molar refractivity (Wildman–Crippen MR) is 57.3 cm³/mol. The normalized spacial score (nSPS) is 27.4. The maximum absolute atomic E-state index is 11.9. The van der Waals surface area contributed by atoms with Crippen molar-refractivity contribution in [3.8, 4) is 0 Å².